The topological polar surface area (TPSA) is 50.4 Å². The highest BCUT2D eigenvalue weighted by atomic mass is 19.2. The first-order valence-electron chi connectivity index (χ1n) is 7.36. The molecule has 1 aromatic carbocycles. The molecule has 2 rings (SSSR count). The number of nitrogens with one attached hydrogen (secondary N) is 2. The number of hydrogen-bond donors (Lipinski definition) is 2. The van der Waals surface area contributed by atoms with Crippen molar-refractivity contribution in [1.29, 1.82) is 0 Å². The van der Waals surface area contributed by atoms with Crippen LogP contribution in [-0.4, -0.2) is 23.8 Å². The van der Waals surface area contributed by atoms with Crippen LogP contribution in [0.2, 0.25) is 0 Å². The summed E-state index contributed by atoms with van der Waals surface area (Å²) in [5, 5.41) is 6.06. The maximum atomic E-state index is 13.2. The minimum Gasteiger partial charge on any atom is -0.444 e. The van der Waals surface area contributed by atoms with Crippen LogP contribution in [0.5, 0.6) is 0 Å². The van der Waals surface area contributed by atoms with Crippen LogP contribution in [0.3, 0.4) is 0 Å². The first-order chi connectivity index (χ1) is 10.2. The van der Waals surface area contributed by atoms with E-state index in [2.05, 4.69) is 10.6 Å². The highest BCUT2D eigenvalue weighted by Gasteiger charge is 2.40. The summed E-state index contributed by atoms with van der Waals surface area (Å²) in [7, 11) is 0. The molecule has 1 amide bonds. The number of halogens is 2. The fourth-order valence-electron chi connectivity index (χ4n) is 2.20. The van der Waals surface area contributed by atoms with Crippen molar-refractivity contribution in [2.45, 2.75) is 57.8 Å². The van der Waals surface area contributed by atoms with Gasteiger partial charge < -0.3 is 15.4 Å². The number of amides is 1. The third-order valence-electron chi connectivity index (χ3n) is 3.40. The first-order valence-corrected chi connectivity index (χ1v) is 7.36. The molecule has 0 spiro atoms. The van der Waals surface area contributed by atoms with E-state index < -0.39 is 23.3 Å². The van der Waals surface area contributed by atoms with Gasteiger partial charge in [-0.25, -0.2) is 13.6 Å². The van der Waals surface area contributed by atoms with Gasteiger partial charge in [0.1, 0.15) is 5.60 Å². The number of alkyl carbamates (subject to hydrolysis) is 1. The number of rotatable bonds is 4. The molecule has 0 saturated heterocycles. The Hall–Kier alpha value is -1.69. The normalized spacial score (nSPS) is 22.1. The smallest absolute Gasteiger partial charge is 0.407 e. The lowest BCUT2D eigenvalue weighted by molar-refractivity contribution is 0.0522. The van der Waals surface area contributed by atoms with E-state index in [9.17, 15) is 13.6 Å². The molecule has 22 heavy (non-hydrogen) atoms. The highest BCUT2D eigenvalue weighted by Crippen LogP contribution is 2.26. The van der Waals surface area contributed by atoms with E-state index >= 15 is 0 Å². The zero-order valence-electron chi connectivity index (χ0n) is 13.2. The molecule has 1 saturated carbocycles. The van der Waals surface area contributed by atoms with Gasteiger partial charge in [-0.3, -0.25) is 0 Å². The summed E-state index contributed by atoms with van der Waals surface area (Å²) in [6.07, 6.45) is 0.343. The molecule has 6 heteroatoms. The number of hydrogen-bond acceptors (Lipinski definition) is 3. The molecule has 0 aromatic heterocycles. The standard InChI is InChI=1S/C16H22F2N2O2/c1-9(10-5-6-11(17)12(18)7-10)19-13-8-14(13)20-15(21)22-16(2,3)4/h5-7,9,13-14,19H,8H2,1-4H3,(H,20,21). The van der Waals surface area contributed by atoms with Crippen molar-refractivity contribution < 1.29 is 18.3 Å². The van der Waals surface area contributed by atoms with E-state index in [4.69, 9.17) is 4.74 Å². The Labute approximate surface area is 129 Å². The van der Waals surface area contributed by atoms with Crippen molar-refractivity contribution in [1.82, 2.24) is 10.6 Å². The van der Waals surface area contributed by atoms with Gasteiger partial charge in [-0.05, 0) is 51.8 Å². The number of carbonyl (C=O) groups excluding carboxylic acids is 1. The Bertz CT molecular complexity index is 558. The van der Waals surface area contributed by atoms with Crippen LogP contribution >= 0.6 is 0 Å². The van der Waals surface area contributed by atoms with Crippen molar-refractivity contribution >= 4 is 6.09 Å². The minimum absolute atomic E-state index is 0.00240. The van der Waals surface area contributed by atoms with Crippen LogP contribution in [0.1, 0.15) is 45.7 Å². The minimum atomic E-state index is -0.856. The van der Waals surface area contributed by atoms with Gasteiger partial charge in [0, 0.05) is 18.1 Å². The van der Waals surface area contributed by atoms with Crippen LogP contribution < -0.4 is 10.6 Å². The van der Waals surface area contributed by atoms with Gasteiger partial charge in [0.25, 0.3) is 0 Å². The molecule has 2 N–H and O–H groups in total. The van der Waals surface area contributed by atoms with Crippen molar-refractivity contribution in [3.63, 3.8) is 0 Å². The van der Waals surface area contributed by atoms with Crippen molar-refractivity contribution in [3.8, 4) is 0 Å². The number of carbonyl (C=O) groups is 1. The van der Waals surface area contributed by atoms with Crippen LogP contribution in [-0.2, 0) is 4.74 Å². The summed E-state index contributed by atoms with van der Waals surface area (Å²) < 4.78 is 31.3. The van der Waals surface area contributed by atoms with Crippen molar-refractivity contribution in [3.05, 3.63) is 35.4 Å². The second kappa shape index (κ2) is 6.20. The fraction of sp³-hybridized carbons (Fsp3) is 0.562. The van der Waals surface area contributed by atoms with Gasteiger partial charge in [0.05, 0.1) is 0 Å². The Kier molecular flexibility index (Phi) is 4.70. The van der Waals surface area contributed by atoms with E-state index in [0.717, 1.165) is 12.5 Å². The third kappa shape index (κ3) is 4.66. The monoisotopic (exact) mass is 312 g/mol. The highest BCUT2D eigenvalue weighted by molar-refractivity contribution is 5.68. The molecule has 0 heterocycles. The van der Waals surface area contributed by atoms with E-state index in [1.807, 2.05) is 6.92 Å². The number of benzene rings is 1. The predicted molar refractivity (Wildman–Crippen MR) is 79.5 cm³/mol. The predicted octanol–water partition coefficient (Wildman–Crippen LogP) is 3.28. The summed E-state index contributed by atoms with van der Waals surface area (Å²) in [6.45, 7) is 7.29. The zero-order chi connectivity index (χ0) is 16.5. The Morgan fingerprint density at radius 2 is 1.95 bits per heavy atom. The average Bonchev–Trinajstić information content (AvgIpc) is 3.07. The second-order valence-electron chi connectivity index (χ2n) is 6.66. The van der Waals surface area contributed by atoms with Crippen LogP contribution in [0.4, 0.5) is 13.6 Å². The van der Waals surface area contributed by atoms with Crippen molar-refractivity contribution in [2.75, 3.05) is 0 Å². The molecule has 0 radical (unpaired) electrons. The maximum absolute atomic E-state index is 13.2. The largest absolute Gasteiger partial charge is 0.444 e. The zero-order valence-corrected chi connectivity index (χ0v) is 13.2. The Morgan fingerprint density at radius 3 is 2.55 bits per heavy atom. The third-order valence-corrected chi connectivity index (χ3v) is 3.40. The van der Waals surface area contributed by atoms with E-state index in [-0.39, 0.29) is 18.1 Å². The van der Waals surface area contributed by atoms with Crippen LogP contribution in [0, 0.1) is 11.6 Å². The van der Waals surface area contributed by atoms with Gasteiger partial charge in [-0.15, -0.1) is 0 Å². The molecule has 1 fully saturated rings. The van der Waals surface area contributed by atoms with E-state index in [0.29, 0.717) is 5.56 Å². The summed E-state index contributed by atoms with van der Waals surface area (Å²) in [6, 6.07) is 3.83. The molecule has 4 nitrogen and oxygen atoms in total. The first kappa shape index (κ1) is 16.7. The van der Waals surface area contributed by atoms with E-state index in [1.54, 1.807) is 26.8 Å². The quantitative estimate of drug-likeness (QED) is 0.897. The molecule has 3 atom stereocenters. The van der Waals surface area contributed by atoms with Crippen LogP contribution in [0.15, 0.2) is 18.2 Å². The summed E-state index contributed by atoms with van der Waals surface area (Å²) in [5.74, 6) is -1.71. The lowest BCUT2D eigenvalue weighted by Gasteiger charge is -2.20. The lowest BCUT2D eigenvalue weighted by atomic mass is 10.1. The molecule has 0 aliphatic heterocycles. The Balaban J connectivity index is 1.81. The maximum Gasteiger partial charge on any atom is 0.407 e. The molecule has 1 aliphatic carbocycles. The van der Waals surface area contributed by atoms with E-state index in [1.165, 1.54) is 6.07 Å². The Morgan fingerprint density at radius 1 is 1.27 bits per heavy atom. The van der Waals surface area contributed by atoms with Gasteiger partial charge in [0.2, 0.25) is 0 Å². The number of ether oxygens (including phenoxy) is 1. The average molecular weight is 312 g/mol. The summed E-state index contributed by atoms with van der Waals surface area (Å²) in [5.41, 5.74) is 0.141. The van der Waals surface area contributed by atoms with Crippen molar-refractivity contribution in [2.24, 2.45) is 0 Å². The molecule has 0 bridgehead atoms. The lowest BCUT2D eigenvalue weighted by Crippen LogP contribution is -2.37. The van der Waals surface area contributed by atoms with Gasteiger partial charge >= 0.3 is 6.09 Å². The fourth-order valence-corrected chi connectivity index (χ4v) is 2.20. The summed E-state index contributed by atoms with van der Waals surface area (Å²) in [4.78, 5) is 11.6. The summed E-state index contributed by atoms with van der Waals surface area (Å²) >= 11 is 0. The van der Waals surface area contributed by atoms with Crippen LogP contribution in [0.25, 0.3) is 0 Å². The molecule has 122 valence electrons. The molecule has 1 aromatic rings. The molecule has 3 unspecified atom stereocenters. The van der Waals surface area contributed by atoms with Gasteiger partial charge in [-0.1, -0.05) is 6.07 Å². The molecule has 1 aliphatic rings. The van der Waals surface area contributed by atoms with Gasteiger partial charge in [0.15, 0.2) is 11.6 Å². The molecular formula is C16H22F2N2O2. The SMILES string of the molecule is CC(NC1CC1NC(=O)OC(C)(C)C)c1ccc(F)c(F)c1. The molecular weight excluding hydrogens is 290 g/mol. The van der Waals surface area contributed by atoms with Gasteiger partial charge in [-0.2, -0.15) is 0 Å². The second-order valence-corrected chi connectivity index (χ2v) is 6.66.